The molecule has 2 aliphatic carbocycles. The predicted molar refractivity (Wildman–Crippen MR) is 72.2 cm³/mol. The molecule has 17 heavy (non-hydrogen) atoms. The first-order chi connectivity index (χ1) is 8.19. The first kappa shape index (κ1) is 12.0. The Morgan fingerprint density at radius 1 is 1.24 bits per heavy atom. The van der Waals surface area contributed by atoms with Gasteiger partial charge in [-0.25, -0.2) is 0 Å². The summed E-state index contributed by atoms with van der Waals surface area (Å²) in [6.45, 7) is 8.72. The van der Waals surface area contributed by atoms with Gasteiger partial charge in [0.15, 0.2) is 0 Å². The fourth-order valence-electron chi connectivity index (χ4n) is 4.05. The Hall–Kier alpha value is -0.0800. The van der Waals surface area contributed by atoms with Crippen LogP contribution in [0.4, 0.5) is 0 Å². The van der Waals surface area contributed by atoms with Crippen molar-refractivity contribution in [2.45, 2.75) is 69.9 Å². The molecule has 1 N–H and O–H groups in total. The molecule has 3 rings (SSSR count). The number of hydrogen-bond acceptors (Lipinski definition) is 2. The molecule has 2 heteroatoms. The van der Waals surface area contributed by atoms with E-state index in [0.717, 1.165) is 5.92 Å². The second-order valence-corrected chi connectivity index (χ2v) is 6.83. The lowest BCUT2D eigenvalue weighted by Crippen LogP contribution is -2.59. The van der Waals surface area contributed by atoms with Gasteiger partial charge in [0, 0.05) is 17.6 Å². The van der Waals surface area contributed by atoms with Gasteiger partial charge in [0.2, 0.25) is 0 Å². The van der Waals surface area contributed by atoms with Crippen molar-refractivity contribution in [3.05, 3.63) is 0 Å². The van der Waals surface area contributed by atoms with Gasteiger partial charge in [-0.05, 0) is 70.9 Å². The van der Waals surface area contributed by atoms with Crippen LogP contribution < -0.4 is 5.32 Å². The summed E-state index contributed by atoms with van der Waals surface area (Å²) in [5, 5.41) is 3.85. The summed E-state index contributed by atoms with van der Waals surface area (Å²) in [5.41, 5.74) is 0.996. The minimum atomic E-state index is 0.411. The maximum absolute atomic E-state index is 3.85. The van der Waals surface area contributed by atoms with Crippen molar-refractivity contribution < 1.29 is 0 Å². The summed E-state index contributed by atoms with van der Waals surface area (Å²) >= 11 is 0. The number of rotatable bonds is 3. The van der Waals surface area contributed by atoms with Crippen molar-refractivity contribution in [1.82, 2.24) is 10.2 Å². The fourth-order valence-corrected chi connectivity index (χ4v) is 4.05. The van der Waals surface area contributed by atoms with Gasteiger partial charge in [0.05, 0.1) is 0 Å². The molecule has 0 spiro atoms. The highest BCUT2D eigenvalue weighted by molar-refractivity contribution is 5.06. The quantitative estimate of drug-likeness (QED) is 0.810. The SMILES string of the molecule is CCC1(N2CCCNC(C)(C3CC3)C2)CCC1. The smallest absolute Gasteiger partial charge is 0.0308 e. The summed E-state index contributed by atoms with van der Waals surface area (Å²) in [7, 11) is 0. The maximum atomic E-state index is 3.85. The Morgan fingerprint density at radius 2 is 2.00 bits per heavy atom. The number of nitrogens with zero attached hydrogens (tertiary/aromatic N) is 1. The molecule has 0 bridgehead atoms. The van der Waals surface area contributed by atoms with E-state index in [1.807, 2.05) is 0 Å². The second kappa shape index (κ2) is 4.24. The molecule has 0 aromatic rings. The Balaban J connectivity index is 1.75. The van der Waals surface area contributed by atoms with E-state index in [1.54, 1.807) is 0 Å². The van der Waals surface area contributed by atoms with E-state index in [1.165, 1.54) is 64.6 Å². The van der Waals surface area contributed by atoms with E-state index in [0.29, 0.717) is 11.1 Å². The molecule has 1 saturated heterocycles. The summed E-state index contributed by atoms with van der Waals surface area (Å²) in [6, 6.07) is 0. The summed E-state index contributed by atoms with van der Waals surface area (Å²) < 4.78 is 0. The minimum absolute atomic E-state index is 0.411. The van der Waals surface area contributed by atoms with Gasteiger partial charge in [-0.2, -0.15) is 0 Å². The zero-order valence-corrected chi connectivity index (χ0v) is 11.6. The average molecular weight is 236 g/mol. The topological polar surface area (TPSA) is 15.3 Å². The van der Waals surface area contributed by atoms with E-state index in [-0.39, 0.29) is 0 Å². The molecular formula is C15H28N2. The lowest BCUT2D eigenvalue weighted by molar-refractivity contribution is -0.00123. The molecule has 3 fully saturated rings. The summed E-state index contributed by atoms with van der Waals surface area (Å²) in [4.78, 5) is 2.86. The van der Waals surface area contributed by atoms with E-state index in [9.17, 15) is 0 Å². The third-order valence-electron chi connectivity index (χ3n) is 5.74. The van der Waals surface area contributed by atoms with Crippen molar-refractivity contribution in [2.24, 2.45) is 5.92 Å². The van der Waals surface area contributed by atoms with E-state index in [4.69, 9.17) is 0 Å². The van der Waals surface area contributed by atoms with Crippen molar-refractivity contribution >= 4 is 0 Å². The number of nitrogens with one attached hydrogen (secondary N) is 1. The van der Waals surface area contributed by atoms with Crippen LogP contribution in [0.5, 0.6) is 0 Å². The van der Waals surface area contributed by atoms with Crippen molar-refractivity contribution in [3.63, 3.8) is 0 Å². The van der Waals surface area contributed by atoms with Crippen LogP contribution in [-0.4, -0.2) is 35.6 Å². The molecule has 1 aliphatic heterocycles. The third-order valence-corrected chi connectivity index (χ3v) is 5.74. The van der Waals surface area contributed by atoms with Crippen molar-refractivity contribution in [1.29, 1.82) is 0 Å². The lowest BCUT2D eigenvalue weighted by atomic mass is 9.72. The Morgan fingerprint density at radius 3 is 2.53 bits per heavy atom. The predicted octanol–water partition coefficient (Wildman–Crippen LogP) is 2.78. The maximum Gasteiger partial charge on any atom is 0.0308 e. The van der Waals surface area contributed by atoms with Gasteiger partial charge in [-0.3, -0.25) is 4.90 Å². The van der Waals surface area contributed by atoms with Gasteiger partial charge in [-0.15, -0.1) is 0 Å². The van der Waals surface area contributed by atoms with Gasteiger partial charge in [0.25, 0.3) is 0 Å². The molecular weight excluding hydrogens is 208 g/mol. The van der Waals surface area contributed by atoms with Crippen LogP contribution in [0.3, 0.4) is 0 Å². The molecule has 2 saturated carbocycles. The van der Waals surface area contributed by atoms with E-state index >= 15 is 0 Å². The fraction of sp³-hybridized carbons (Fsp3) is 1.00. The van der Waals surface area contributed by atoms with Crippen LogP contribution in [0.2, 0.25) is 0 Å². The highest BCUT2D eigenvalue weighted by atomic mass is 15.3. The highest BCUT2D eigenvalue weighted by Crippen LogP contribution is 2.45. The molecule has 3 aliphatic rings. The first-order valence-electron chi connectivity index (χ1n) is 7.69. The molecule has 0 aromatic heterocycles. The van der Waals surface area contributed by atoms with E-state index in [2.05, 4.69) is 24.1 Å². The minimum Gasteiger partial charge on any atom is -0.310 e. The third kappa shape index (κ3) is 2.04. The summed E-state index contributed by atoms with van der Waals surface area (Å²) in [5.74, 6) is 0.956. The van der Waals surface area contributed by atoms with Crippen LogP contribution >= 0.6 is 0 Å². The lowest BCUT2D eigenvalue weighted by Gasteiger charge is -2.52. The zero-order valence-electron chi connectivity index (χ0n) is 11.6. The standard InChI is InChI=1S/C15H28N2/c1-3-15(8-4-9-15)17-11-5-10-16-14(2,12-17)13-6-7-13/h13,16H,3-12H2,1-2H3. The average Bonchev–Trinajstić information content (AvgIpc) is 3.04. The van der Waals surface area contributed by atoms with Gasteiger partial charge in [0.1, 0.15) is 0 Å². The molecule has 2 nitrogen and oxygen atoms in total. The Bertz CT molecular complexity index is 275. The van der Waals surface area contributed by atoms with Gasteiger partial charge in [-0.1, -0.05) is 6.92 Å². The van der Waals surface area contributed by atoms with Crippen LogP contribution in [-0.2, 0) is 0 Å². The van der Waals surface area contributed by atoms with E-state index < -0.39 is 0 Å². The molecule has 98 valence electrons. The molecule has 1 heterocycles. The largest absolute Gasteiger partial charge is 0.310 e. The zero-order chi connectivity index (χ0) is 11.9. The van der Waals surface area contributed by atoms with Gasteiger partial charge >= 0.3 is 0 Å². The highest BCUT2D eigenvalue weighted by Gasteiger charge is 2.48. The van der Waals surface area contributed by atoms with Crippen LogP contribution in [0.15, 0.2) is 0 Å². The second-order valence-electron chi connectivity index (χ2n) is 6.83. The first-order valence-corrected chi connectivity index (χ1v) is 7.69. The monoisotopic (exact) mass is 236 g/mol. The number of hydrogen-bond donors (Lipinski definition) is 1. The normalized spacial score (nSPS) is 38.5. The molecule has 1 unspecified atom stereocenters. The van der Waals surface area contributed by atoms with Gasteiger partial charge < -0.3 is 5.32 Å². The molecule has 1 atom stereocenters. The van der Waals surface area contributed by atoms with Crippen molar-refractivity contribution in [3.8, 4) is 0 Å². The van der Waals surface area contributed by atoms with Crippen molar-refractivity contribution in [2.75, 3.05) is 19.6 Å². The summed E-state index contributed by atoms with van der Waals surface area (Å²) in [6.07, 6.45) is 9.96. The molecule has 0 amide bonds. The van der Waals surface area contributed by atoms with Crippen LogP contribution in [0, 0.1) is 5.92 Å². The van der Waals surface area contributed by atoms with Crippen LogP contribution in [0.25, 0.3) is 0 Å². The Labute approximate surface area is 106 Å². The van der Waals surface area contributed by atoms with Crippen LogP contribution in [0.1, 0.15) is 58.8 Å². The Kier molecular flexibility index (Phi) is 2.99. The molecule has 0 aromatic carbocycles. The molecule has 0 radical (unpaired) electrons.